The van der Waals surface area contributed by atoms with E-state index < -0.39 is 9.84 Å². The monoisotopic (exact) mass is 345 g/mol. The first-order valence-electron chi connectivity index (χ1n) is 7.38. The fraction of sp³-hybridized carbons (Fsp3) is 0.714. The van der Waals surface area contributed by atoms with Crippen LogP contribution in [-0.4, -0.2) is 58.6 Å². The highest BCUT2D eigenvalue weighted by atomic mass is 32.2. The molecule has 0 bridgehead atoms. The predicted molar refractivity (Wildman–Crippen MR) is 87.5 cm³/mol. The van der Waals surface area contributed by atoms with Gasteiger partial charge in [0.15, 0.2) is 15.0 Å². The second kappa shape index (κ2) is 7.04. The Morgan fingerprint density at radius 3 is 2.77 bits per heavy atom. The van der Waals surface area contributed by atoms with E-state index in [9.17, 15) is 13.2 Å². The Morgan fingerprint density at radius 2 is 2.27 bits per heavy atom. The van der Waals surface area contributed by atoms with Crippen LogP contribution in [0.2, 0.25) is 0 Å². The number of sulfone groups is 1. The number of aryl methyl sites for hydroxylation is 1. The fourth-order valence-electron chi connectivity index (χ4n) is 2.57. The molecule has 22 heavy (non-hydrogen) atoms. The van der Waals surface area contributed by atoms with E-state index in [1.807, 2.05) is 31.7 Å². The van der Waals surface area contributed by atoms with E-state index in [2.05, 4.69) is 4.98 Å². The highest BCUT2D eigenvalue weighted by molar-refractivity contribution is 7.99. The lowest BCUT2D eigenvalue weighted by atomic mass is 10.1. The number of carbonyl (C=O) groups excluding carboxylic acids is 1. The topological polar surface area (TPSA) is 72.3 Å². The van der Waals surface area contributed by atoms with E-state index in [0.717, 1.165) is 5.16 Å². The summed E-state index contributed by atoms with van der Waals surface area (Å²) in [6, 6.07) is -0.179. The minimum atomic E-state index is -2.99. The average Bonchev–Trinajstić information content (AvgIpc) is 2.98. The van der Waals surface area contributed by atoms with Crippen molar-refractivity contribution in [3.05, 3.63) is 12.4 Å². The van der Waals surface area contributed by atoms with Gasteiger partial charge in [-0.1, -0.05) is 25.6 Å². The van der Waals surface area contributed by atoms with Crippen molar-refractivity contribution in [3.63, 3.8) is 0 Å². The Bertz CT molecular complexity index is 625. The van der Waals surface area contributed by atoms with Gasteiger partial charge in [-0.05, 0) is 12.3 Å². The van der Waals surface area contributed by atoms with Crippen molar-refractivity contribution in [1.82, 2.24) is 14.5 Å². The molecule has 1 saturated heterocycles. The predicted octanol–water partition coefficient (Wildman–Crippen LogP) is 1.18. The van der Waals surface area contributed by atoms with Gasteiger partial charge in [0.05, 0.1) is 17.3 Å². The molecule has 6 nitrogen and oxygen atoms in total. The molecule has 1 aromatic heterocycles. The molecule has 1 aliphatic heterocycles. The van der Waals surface area contributed by atoms with E-state index in [1.165, 1.54) is 11.8 Å². The van der Waals surface area contributed by atoms with Crippen molar-refractivity contribution in [2.24, 2.45) is 13.0 Å². The van der Waals surface area contributed by atoms with E-state index in [-0.39, 0.29) is 29.2 Å². The van der Waals surface area contributed by atoms with Crippen LogP contribution >= 0.6 is 11.8 Å². The lowest BCUT2D eigenvalue weighted by Gasteiger charge is -2.29. The summed E-state index contributed by atoms with van der Waals surface area (Å²) >= 11 is 1.39. The SMILES string of the molecule is CC(C)CN(C(=O)CSc1nccn1C)[C@H]1CCS(=O)(=O)C1. The quantitative estimate of drug-likeness (QED) is 0.724. The fourth-order valence-corrected chi connectivity index (χ4v) is 5.12. The van der Waals surface area contributed by atoms with Gasteiger partial charge in [-0.2, -0.15) is 0 Å². The minimum Gasteiger partial charge on any atom is -0.338 e. The lowest BCUT2D eigenvalue weighted by Crippen LogP contribution is -2.44. The van der Waals surface area contributed by atoms with Gasteiger partial charge in [0.1, 0.15) is 0 Å². The minimum absolute atomic E-state index is 0.0104. The Hall–Kier alpha value is -1.02. The summed E-state index contributed by atoms with van der Waals surface area (Å²) in [6.07, 6.45) is 4.08. The van der Waals surface area contributed by atoms with Crippen LogP contribution in [0.1, 0.15) is 20.3 Å². The van der Waals surface area contributed by atoms with Crippen LogP contribution in [0.4, 0.5) is 0 Å². The number of amides is 1. The van der Waals surface area contributed by atoms with Gasteiger partial charge in [-0.15, -0.1) is 0 Å². The van der Waals surface area contributed by atoms with Gasteiger partial charge in [0.2, 0.25) is 5.91 Å². The highest BCUT2D eigenvalue weighted by Crippen LogP contribution is 2.22. The summed E-state index contributed by atoms with van der Waals surface area (Å²) < 4.78 is 25.2. The zero-order chi connectivity index (χ0) is 16.3. The van der Waals surface area contributed by atoms with Crippen molar-refractivity contribution < 1.29 is 13.2 Å². The largest absolute Gasteiger partial charge is 0.338 e. The van der Waals surface area contributed by atoms with Crippen LogP contribution in [0.5, 0.6) is 0 Å². The van der Waals surface area contributed by atoms with Gasteiger partial charge in [0, 0.05) is 32.0 Å². The molecule has 124 valence electrons. The van der Waals surface area contributed by atoms with Crippen LogP contribution < -0.4 is 0 Å². The van der Waals surface area contributed by atoms with Crippen LogP contribution in [-0.2, 0) is 21.7 Å². The van der Waals surface area contributed by atoms with Crippen LogP contribution in [0.25, 0.3) is 0 Å². The lowest BCUT2D eigenvalue weighted by molar-refractivity contribution is -0.130. The van der Waals surface area contributed by atoms with E-state index >= 15 is 0 Å². The second-order valence-corrected chi connectivity index (χ2v) is 9.28. The number of imidazole rings is 1. The van der Waals surface area contributed by atoms with E-state index in [0.29, 0.717) is 18.9 Å². The number of carbonyl (C=O) groups is 1. The van der Waals surface area contributed by atoms with Crippen molar-refractivity contribution in [1.29, 1.82) is 0 Å². The molecule has 0 saturated carbocycles. The first kappa shape index (κ1) is 17.3. The molecule has 8 heteroatoms. The molecule has 0 N–H and O–H groups in total. The number of aromatic nitrogens is 2. The number of nitrogens with zero attached hydrogens (tertiary/aromatic N) is 3. The summed E-state index contributed by atoms with van der Waals surface area (Å²) in [7, 11) is -1.11. The summed E-state index contributed by atoms with van der Waals surface area (Å²) in [5.41, 5.74) is 0. The number of hydrogen-bond acceptors (Lipinski definition) is 5. The van der Waals surface area contributed by atoms with Crippen molar-refractivity contribution in [2.75, 3.05) is 23.8 Å². The number of rotatable bonds is 6. The first-order chi connectivity index (χ1) is 10.3. The third-order valence-corrected chi connectivity index (χ3v) is 6.43. The zero-order valence-corrected chi connectivity index (χ0v) is 14.9. The van der Waals surface area contributed by atoms with Crippen LogP contribution in [0.3, 0.4) is 0 Å². The molecular weight excluding hydrogens is 322 g/mol. The van der Waals surface area contributed by atoms with Crippen molar-refractivity contribution >= 4 is 27.5 Å². The van der Waals surface area contributed by atoms with Gasteiger partial charge >= 0.3 is 0 Å². The number of hydrogen-bond donors (Lipinski definition) is 0. The molecule has 0 radical (unpaired) electrons. The molecule has 1 aliphatic rings. The molecular formula is C14H23N3O3S2. The van der Waals surface area contributed by atoms with E-state index in [4.69, 9.17) is 0 Å². The Labute approximate surface area is 136 Å². The molecule has 0 unspecified atom stereocenters. The summed E-state index contributed by atoms with van der Waals surface area (Å²) in [5.74, 6) is 0.868. The third kappa shape index (κ3) is 4.49. The molecule has 2 rings (SSSR count). The molecule has 1 fully saturated rings. The smallest absolute Gasteiger partial charge is 0.233 e. The molecule has 0 aliphatic carbocycles. The second-order valence-electron chi connectivity index (χ2n) is 6.11. The standard InChI is InChI=1S/C14H23N3O3S2/c1-11(2)8-17(12-4-7-22(19,20)10-12)13(18)9-21-14-15-5-6-16(14)3/h5-6,11-12H,4,7-10H2,1-3H3/t12-/m0/s1. The Balaban J connectivity index is 2.02. The van der Waals surface area contributed by atoms with Gasteiger partial charge < -0.3 is 9.47 Å². The van der Waals surface area contributed by atoms with Crippen molar-refractivity contribution in [3.8, 4) is 0 Å². The van der Waals surface area contributed by atoms with Crippen LogP contribution in [0, 0.1) is 5.92 Å². The maximum Gasteiger partial charge on any atom is 0.233 e. The van der Waals surface area contributed by atoms with Crippen molar-refractivity contribution in [2.45, 2.75) is 31.5 Å². The third-order valence-electron chi connectivity index (χ3n) is 3.63. The average molecular weight is 345 g/mol. The summed E-state index contributed by atoms with van der Waals surface area (Å²) in [6.45, 7) is 4.67. The number of thioether (sulfide) groups is 1. The van der Waals surface area contributed by atoms with Gasteiger partial charge in [-0.25, -0.2) is 13.4 Å². The highest BCUT2D eigenvalue weighted by Gasteiger charge is 2.34. The molecule has 1 aromatic rings. The van der Waals surface area contributed by atoms with Gasteiger partial charge in [0.25, 0.3) is 0 Å². The van der Waals surface area contributed by atoms with E-state index in [1.54, 1.807) is 11.1 Å². The maximum absolute atomic E-state index is 12.6. The molecule has 1 atom stereocenters. The molecule has 1 amide bonds. The molecule has 0 spiro atoms. The first-order valence-corrected chi connectivity index (χ1v) is 10.2. The zero-order valence-electron chi connectivity index (χ0n) is 13.2. The molecule has 2 heterocycles. The Morgan fingerprint density at radius 1 is 1.55 bits per heavy atom. The van der Waals surface area contributed by atoms with Gasteiger partial charge in [-0.3, -0.25) is 4.79 Å². The molecule has 0 aromatic carbocycles. The maximum atomic E-state index is 12.6. The summed E-state index contributed by atoms with van der Waals surface area (Å²) in [5, 5.41) is 0.789. The Kier molecular flexibility index (Phi) is 5.55. The summed E-state index contributed by atoms with van der Waals surface area (Å²) in [4.78, 5) is 18.5. The normalized spacial score (nSPS) is 20.5. The van der Waals surface area contributed by atoms with Crippen LogP contribution in [0.15, 0.2) is 17.6 Å².